The SMILES string of the molecule is Cc1ccc(CN2C[C@H](NC(=O)c3cnn(C)c3)[C@@H]3OCCC[C@@H]32)o1. The van der Waals surface area contributed by atoms with Gasteiger partial charge in [-0.25, -0.2) is 0 Å². The van der Waals surface area contributed by atoms with Gasteiger partial charge in [0.15, 0.2) is 0 Å². The van der Waals surface area contributed by atoms with Crippen molar-refractivity contribution in [3.05, 3.63) is 41.6 Å². The van der Waals surface area contributed by atoms with E-state index in [0.717, 1.165) is 44.1 Å². The molecule has 7 nitrogen and oxygen atoms in total. The Kier molecular flexibility index (Phi) is 4.35. The average molecular weight is 344 g/mol. The molecule has 2 aliphatic rings. The Bertz CT molecular complexity index is 753. The molecule has 25 heavy (non-hydrogen) atoms. The minimum absolute atomic E-state index is 0.0194. The molecular weight excluding hydrogens is 320 g/mol. The highest BCUT2D eigenvalue weighted by Crippen LogP contribution is 2.30. The zero-order valence-electron chi connectivity index (χ0n) is 14.6. The highest BCUT2D eigenvalue weighted by Gasteiger charge is 2.44. The third kappa shape index (κ3) is 3.34. The molecule has 0 unspecified atom stereocenters. The lowest BCUT2D eigenvalue weighted by atomic mass is 10.0. The predicted molar refractivity (Wildman–Crippen MR) is 91.1 cm³/mol. The molecule has 0 bridgehead atoms. The maximum absolute atomic E-state index is 12.5. The summed E-state index contributed by atoms with van der Waals surface area (Å²) in [5, 5.41) is 7.21. The predicted octanol–water partition coefficient (Wildman–Crippen LogP) is 1.48. The van der Waals surface area contributed by atoms with Gasteiger partial charge in [0, 0.05) is 32.4 Å². The molecule has 0 spiro atoms. The molecule has 134 valence electrons. The van der Waals surface area contributed by atoms with Gasteiger partial charge < -0.3 is 14.5 Å². The Morgan fingerprint density at radius 1 is 1.44 bits per heavy atom. The number of nitrogens with one attached hydrogen (secondary N) is 1. The monoisotopic (exact) mass is 344 g/mol. The number of amides is 1. The maximum atomic E-state index is 12.5. The summed E-state index contributed by atoms with van der Waals surface area (Å²) < 4.78 is 13.4. The first-order chi connectivity index (χ1) is 12.1. The number of nitrogens with zero attached hydrogens (tertiary/aromatic N) is 3. The number of aryl methyl sites for hydroxylation is 2. The highest BCUT2D eigenvalue weighted by molar-refractivity contribution is 5.93. The largest absolute Gasteiger partial charge is 0.465 e. The topological polar surface area (TPSA) is 72.5 Å². The standard InChI is InChI=1S/C18H24N4O3/c1-12-5-6-14(25-12)10-22-11-15(17-16(22)4-3-7-24-17)20-18(23)13-8-19-21(2)9-13/h5-6,8-9,15-17H,3-4,7,10-11H2,1-2H3,(H,20,23)/t15-,16-,17-/m0/s1. The van der Waals surface area contributed by atoms with Crippen molar-refractivity contribution in [2.75, 3.05) is 13.2 Å². The molecule has 4 rings (SSSR count). The summed E-state index contributed by atoms with van der Waals surface area (Å²) in [5.74, 6) is 1.79. The molecule has 7 heteroatoms. The van der Waals surface area contributed by atoms with Gasteiger partial charge in [0.25, 0.3) is 5.91 Å². The molecule has 4 heterocycles. The fraction of sp³-hybridized carbons (Fsp3) is 0.556. The van der Waals surface area contributed by atoms with Gasteiger partial charge in [-0.1, -0.05) is 0 Å². The Hall–Kier alpha value is -2.12. The van der Waals surface area contributed by atoms with Crippen LogP contribution in [0.4, 0.5) is 0 Å². The quantitative estimate of drug-likeness (QED) is 0.910. The fourth-order valence-electron chi connectivity index (χ4n) is 3.92. The van der Waals surface area contributed by atoms with Crippen molar-refractivity contribution >= 4 is 5.91 Å². The first-order valence-electron chi connectivity index (χ1n) is 8.80. The second kappa shape index (κ2) is 6.65. The van der Waals surface area contributed by atoms with E-state index < -0.39 is 0 Å². The van der Waals surface area contributed by atoms with E-state index in [4.69, 9.17) is 9.15 Å². The van der Waals surface area contributed by atoms with Crippen LogP contribution in [0, 0.1) is 6.92 Å². The number of hydrogen-bond acceptors (Lipinski definition) is 5. The summed E-state index contributed by atoms with van der Waals surface area (Å²) >= 11 is 0. The molecule has 2 saturated heterocycles. The third-order valence-electron chi connectivity index (χ3n) is 5.07. The lowest BCUT2D eigenvalue weighted by Gasteiger charge is -2.32. The molecule has 0 saturated carbocycles. The van der Waals surface area contributed by atoms with E-state index in [2.05, 4.69) is 15.3 Å². The van der Waals surface area contributed by atoms with Crippen molar-refractivity contribution in [1.29, 1.82) is 0 Å². The molecule has 2 aromatic rings. The molecule has 0 radical (unpaired) electrons. The smallest absolute Gasteiger partial charge is 0.254 e. The molecule has 3 atom stereocenters. The minimum Gasteiger partial charge on any atom is -0.465 e. The van der Waals surface area contributed by atoms with Gasteiger partial charge in [-0.3, -0.25) is 14.4 Å². The van der Waals surface area contributed by atoms with Crippen LogP contribution in [0.1, 0.15) is 34.7 Å². The van der Waals surface area contributed by atoms with E-state index in [1.807, 2.05) is 19.1 Å². The van der Waals surface area contributed by atoms with Gasteiger partial charge in [-0.05, 0) is 31.9 Å². The van der Waals surface area contributed by atoms with Crippen molar-refractivity contribution in [1.82, 2.24) is 20.0 Å². The van der Waals surface area contributed by atoms with Crippen molar-refractivity contribution in [3.63, 3.8) is 0 Å². The second-order valence-electron chi connectivity index (χ2n) is 6.97. The summed E-state index contributed by atoms with van der Waals surface area (Å²) in [5.41, 5.74) is 0.579. The van der Waals surface area contributed by atoms with Crippen LogP contribution in [0.25, 0.3) is 0 Å². The summed E-state index contributed by atoms with van der Waals surface area (Å²) in [4.78, 5) is 14.9. The minimum atomic E-state index is -0.0956. The van der Waals surface area contributed by atoms with Crippen molar-refractivity contribution in [2.45, 2.75) is 44.5 Å². The van der Waals surface area contributed by atoms with Gasteiger partial charge in [0.1, 0.15) is 11.5 Å². The van der Waals surface area contributed by atoms with E-state index in [1.165, 1.54) is 0 Å². The van der Waals surface area contributed by atoms with Gasteiger partial charge in [0.05, 0.1) is 30.5 Å². The Balaban J connectivity index is 1.47. The fourth-order valence-corrected chi connectivity index (χ4v) is 3.92. The summed E-state index contributed by atoms with van der Waals surface area (Å²) in [6.45, 7) is 4.23. The number of aromatic nitrogens is 2. The van der Waals surface area contributed by atoms with Crippen LogP contribution in [0.2, 0.25) is 0 Å². The van der Waals surface area contributed by atoms with Crippen molar-refractivity contribution < 1.29 is 13.9 Å². The Morgan fingerprint density at radius 2 is 2.32 bits per heavy atom. The Morgan fingerprint density at radius 3 is 3.04 bits per heavy atom. The number of fused-ring (bicyclic) bond motifs is 1. The molecule has 2 aliphatic heterocycles. The summed E-state index contributed by atoms with van der Waals surface area (Å²) in [6, 6.07) is 4.31. The highest BCUT2D eigenvalue weighted by atomic mass is 16.5. The number of furan rings is 1. The number of ether oxygens (including phenoxy) is 1. The third-order valence-corrected chi connectivity index (χ3v) is 5.07. The zero-order valence-corrected chi connectivity index (χ0v) is 14.6. The number of carbonyl (C=O) groups excluding carboxylic acids is 1. The summed E-state index contributed by atoms with van der Waals surface area (Å²) in [7, 11) is 1.81. The normalized spacial score (nSPS) is 26.6. The second-order valence-corrected chi connectivity index (χ2v) is 6.97. The molecular formula is C18H24N4O3. The lowest BCUT2D eigenvalue weighted by molar-refractivity contribution is -0.0219. The first-order valence-corrected chi connectivity index (χ1v) is 8.80. The van der Waals surface area contributed by atoms with Gasteiger partial charge in [0.2, 0.25) is 0 Å². The van der Waals surface area contributed by atoms with Crippen LogP contribution in [-0.4, -0.2) is 51.9 Å². The number of carbonyl (C=O) groups is 1. The van der Waals surface area contributed by atoms with Crippen LogP contribution in [0.5, 0.6) is 0 Å². The van der Waals surface area contributed by atoms with Crippen molar-refractivity contribution in [3.8, 4) is 0 Å². The van der Waals surface area contributed by atoms with Crippen LogP contribution < -0.4 is 5.32 Å². The van der Waals surface area contributed by atoms with E-state index >= 15 is 0 Å². The molecule has 2 fully saturated rings. The van der Waals surface area contributed by atoms with Crippen molar-refractivity contribution in [2.24, 2.45) is 7.05 Å². The van der Waals surface area contributed by atoms with Gasteiger partial charge >= 0.3 is 0 Å². The molecule has 2 aromatic heterocycles. The van der Waals surface area contributed by atoms with Crippen LogP contribution in [-0.2, 0) is 18.3 Å². The van der Waals surface area contributed by atoms with E-state index in [1.54, 1.807) is 24.1 Å². The molecule has 1 amide bonds. The van der Waals surface area contributed by atoms with E-state index in [9.17, 15) is 4.79 Å². The maximum Gasteiger partial charge on any atom is 0.254 e. The van der Waals surface area contributed by atoms with Crippen LogP contribution in [0.15, 0.2) is 28.9 Å². The Labute approximate surface area is 146 Å². The van der Waals surface area contributed by atoms with E-state index in [0.29, 0.717) is 11.6 Å². The van der Waals surface area contributed by atoms with Gasteiger partial charge in [-0.15, -0.1) is 0 Å². The number of hydrogen-bond donors (Lipinski definition) is 1. The molecule has 0 aromatic carbocycles. The summed E-state index contributed by atoms with van der Waals surface area (Å²) in [6.07, 6.45) is 5.49. The molecule has 1 N–H and O–H groups in total. The van der Waals surface area contributed by atoms with Crippen LogP contribution >= 0.6 is 0 Å². The first kappa shape index (κ1) is 16.4. The zero-order chi connectivity index (χ0) is 17.4. The molecule has 0 aliphatic carbocycles. The van der Waals surface area contributed by atoms with Gasteiger partial charge in [-0.2, -0.15) is 5.10 Å². The average Bonchev–Trinajstić information content (AvgIpc) is 3.29. The van der Waals surface area contributed by atoms with Crippen LogP contribution in [0.3, 0.4) is 0 Å². The number of rotatable bonds is 4. The number of likely N-dealkylation sites (tertiary alicyclic amines) is 1. The van der Waals surface area contributed by atoms with E-state index in [-0.39, 0.29) is 18.1 Å². The lowest BCUT2D eigenvalue weighted by Crippen LogP contribution is -2.47.